The quantitative estimate of drug-likeness (QED) is 0.912. The van der Waals surface area contributed by atoms with E-state index in [-0.39, 0.29) is 23.3 Å². The number of nitrogens with zero attached hydrogens (tertiary/aromatic N) is 1. The molecule has 5 nitrogen and oxygen atoms in total. The number of aryl methyl sites for hydroxylation is 1. The van der Waals surface area contributed by atoms with Gasteiger partial charge in [0.1, 0.15) is 15.7 Å². The Bertz CT molecular complexity index is 538. The van der Waals surface area contributed by atoms with Crippen molar-refractivity contribution in [3.63, 3.8) is 0 Å². The molecule has 1 saturated heterocycles. The van der Waals surface area contributed by atoms with Crippen LogP contribution in [0.15, 0.2) is 18.3 Å². The van der Waals surface area contributed by atoms with Crippen LogP contribution in [0.5, 0.6) is 0 Å². The van der Waals surface area contributed by atoms with Gasteiger partial charge in [-0.3, -0.25) is 4.79 Å². The molecule has 1 aromatic heterocycles. The largest absolute Gasteiger partial charge is 0.311 e. The van der Waals surface area contributed by atoms with Crippen molar-refractivity contribution in [1.82, 2.24) is 4.98 Å². The minimum Gasteiger partial charge on any atom is -0.311 e. The molecule has 2 rings (SSSR count). The molecule has 19 heavy (non-hydrogen) atoms. The normalized spacial score (nSPS) is 19.0. The van der Waals surface area contributed by atoms with Crippen molar-refractivity contribution in [3.05, 3.63) is 23.9 Å². The number of anilines is 1. The zero-order chi connectivity index (χ0) is 13.9. The Morgan fingerprint density at radius 2 is 2.05 bits per heavy atom. The summed E-state index contributed by atoms with van der Waals surface area (Å²) < 4.78 is 22.6. The molecule has 1 N–H and O–H groups in total. The third-order valence-corrected chi connectivity index (χ3v) is 5.04. The Kier molecular flexibility index (Phi) is 4.19. The number of carbonyl (C=O) groups is 1. The highest BCUT2D eigenvalue weighted by atomic mass is 32.2. The highest BCUT2D eigenvalue weighted by Crippen LogP contribution is 2.22. The van der Waals surface area contributed by atoms with Gasteiger partial charge in [0.15, 0.2) is 0 Å². The van der Waals surface area contributed by atoms with Gasteiger partial charge in [0.25, 0.3) is 0 Å². The maximum absolute atomic E-state index is 11.8. The molecule has 0 aromatic carbocycles. The molecule has 0 radical (unpaired) electrons. The zero-order valence-corrected chi connectivity index (χ0v) is 11.7. The molecular weight excluding hydrogens is 264 g/mol. The van der Waals surface area contributed by atoms with Crippen LogP contribution in [0.4, 0.5) is 5.82 Å². The van der Waals surface area contributed by atoms with Crippen LogP contribution in [0.3, 0.4) is 0 Å². The summed E-state index contributed by atoms with van der Waals surface area (Å²) in [6, 6.07) is 3.65. The van der Waals surface area contributed by atoms with Crippen LogP contribution in [0.25, 0.3) is 0 Å². The van der Waals surface area contributed by atoms with E-state index in [0.717, 1.165) is 5.56 Å². The molecule has 1 fully saturated rings. The van der Waals surface area contributed by atoms with Crippen LogP contribution in [-0.4, -0.2) is 30.8 Å². The molecule has 1 aliphatic rings. The molecule has 2 heterocycles. The fourth-order valence-corrected chi connectivity index (χ4v) is 3.73. The summed E-state index contributed by atoms with van der Waals surface area (Å²) in [4.78, 5) is 15.9. The highest BCUT2D eigenvalue weighted by Gasteiger charge is 2.25. The average molecular weight is 282 g/mol. The summed E-state index contributed by atoms with van der Waals surface area (Å²) in [5.41, 5.74) is 1.04. The van der Waals surface area contributed by atoms with E-state index in [1.807, 2.05) is 13.0 Å². The summed E-state index contributed by atoms with van der Waals surface area (Å²) in [6.45, 7) is 1.93. The summed E-state index contributed by atoms with van der Waals surface area (Å²) in [5, 5.41) is 2.74. The van der Waals surface area contributed by atoms with Crippen molar-refractivity contribution in [2.24, 2.45) is 5.92 Å². The number of pyridine rings is 1. The standard InChI is InChI=1S/C13H18N2O3S/c1-10-2-3-12(14-9-10)15-13(16)8-11-4-6-19(17,18)7-5-11/h2-3,9,11H,4-8H2,1H3,(H,14,15,16). The van der Waals surface area contributed by atoms with Crippen molar-refractivity contribution in [1.29, 1.82) is 0 Å². The van der Waals surface area contributed by atoms with Gasteiger partial charge in [-0.15, -0.1) is 0 Å². The molecule has 0 spiro atoms. The molecule has 0 bridgehead atoms. The SMILES string of the molecule is Cc1ccc(NC(=O)CC2CCS(=O)(=O)CC2)nc1. The molecule has 0 aliphatic carbocycles. The maximum Gasteiger partial charge on any atom is 0.225 e. The number of amides is 1. The van der Waals surface area contributed by atoms with E-state index in [0.29, 0.717) is 25.1 Å². The highest BCUT2D eigenvalue weighted by molar-refractivity contribution is 7.91. The van der Waals surface area contributed by atoms with E-state index in [4.69, 9.17) is 0 Å². The lowest BCUT2D eigenvalue weighted by molar-refractivity contribution is -0.117. The number of carbonyl (C=O) groups excluding carboxylic acids is 1. The second-order valence-corrected chi connectivity index (χ2v) is 7.37. The van der Waals surface area contributed by atoms with Crippen LogP contribution in [0.2, 0.25) is 0 Å². The van der Waals surface area contributed by atoms with Crippen LogP contribution in [-0.2, 0) is 14.6 Å². The molecule has 104 valence electrons. The molecule has 0 unspecified atom stereocenters. The molecule has 0 atom stereocenters. The second kappa shape index (κ2) is 5.69. The molecule has 1 amide bonds. The van der Waals surface area contributed by atoms with Gasteiger partial charge in [0, 0.05) is 12.6 Å². The van der Waals surface area contributed by atoms with Crippen LogP contribution in [0.1, 0.15) is 24.8 Å². The maximum atomic E-state index is 11.8. The first kappa shape index (κ1) is 14.0. The fraction of sp³-hybridized carbons (Fsp3) is 0.538. The first-order valence-corrected chi connectivity index (χ1v) is 8.20. The minimum atomic E-state index is -2.86. The van der Waals surface area contributed by atoms with Gasteiger partial charge >= 0.3 is 0 Å². The smallest absolute Gasteiger partial charge is 0.225 e. The first-order valence-electron chi connectivity index (χ1n) is 6.37. The van der Waals surface area contributed by atoms with Gasteiger partial charge in [-0.1, -0.05) is 6.07 Å². The van der Waals surface area contributed by atoms with E-state index >= 15 is 0 Å². The third-order valence-electron chi connectivity index (χ3n) is 3.33. The van der Waals surface area contributed by atoms with Crippen molar-refractivity contribution in [2.75, 3.05) is 16.8 Å². The summed E-state index contributed by atoms with van der Waals surface area (Å²) in [7, 11) is -2.86. The van der Waals surface area contributed by atoms with Crippen LogP contribution in [0, 0.1) is 12.8 Å². The Hall–Kier alpha value is -1.43. The van der Waals surface area contributed by atoms with E-state index in [1.165, 1.54) is 0 Å². The first-order chi connectivity index (χ1) is 8.94. The Labute approximate surface area is 113 Å². The van der Waals surface area contributed by atoms with Gasteiger partial charge in [-0.2, -0.15) is 0 Å². The number of aromatic nitrogens is 1. The summed E-state index contributed by atoms with van der Waals surface area (Å²) in [6.07, 6.45) is 3.22. The van der Waals surface area contributed by atoms with Gasteiger partial charge in [0.2, 0.25) is 5.91 Å². The predicted molar refractivity (Wildman–Crippen MR) is 73.6 cm³/mol. The lowest BCUT2D eigenvalue weighted by Gasteiger charge is -2.21. The van der Waals surface area contributed by atoms with Crippen LogP contribution >= 0.6 is 0 Å². The number of rotatable bonds is 3. The third kappa shape index (κ3) is 4.31. The van der Waals surface area contributed by atoms with Crippen molar-refractivity contribution >= 4 is 21.6 Å². The summed E-state index contributed by atoms with van der Waals surface area (Å²) >= 11 is 0. The van der Waals surface area contributed by atoms with E-state index in [9.17, 15) is 13.2 Å². The molecule has 1 aliphatic heterocycles. The second-order valence-electron chi connectivity index (χ2n) is 5.07. The Balaban J connectivity index is 1.83. The van der Waals surface area contributed by atoms with Crippen molar-refractivity contribution < 1.29 is 13.2 Å². The average Bonchev–Trinajstić information content (AvgIpc) is 2.35. The van der Waals surface area contributed by atoms with Gasteiger partial charge < -0.3 is 5.32 Å². The fourth-order valence-electron chi connectivity index (χ4n) is 2.14. The molecule has 6 heteroatoms. The van der Waals surface area contributed by atoms with Crippen LogP contribution < -0.4 is 5.32 Å². The topological polar surface area (TPSA) is 76.1 Å². The van der Waals surface area contributed by atoms with Crippen molar-refractivity contribution in [3.8, 4) is 0 Å². The minimum absolute atomic E-state index is 0.0966. The Morgan fingerprint density at radius 1 is 1.37 bits per heavy atom. The van der Waals surface area contributed by atoms with Gasteiger partial charge in [0.05, 0.1) is 11.5 Å². The lowest BCUT2D eigenvalue weighted by Crippen LogP contribution is -2.26. The number of hydrogen-bond acceptors (Lipinski definition) is 4. The zero-order valence-electron chi connectivity index (χ0n) is 10.9. The van der Waals surface area contributed by atoms with Gasteiger partial charge in [-0.25, -0.2) is 13.4 Å². The lowest BCUT2D eigenvalue weighted by atomic mass is 9.98. The molecule has 0 saturated carbocycles. The monoisotopic (exact) mass is 282 g/mol. The predicted octanol–water partition coefficient (Wildman–Crippen LogP) is 1.54. The van der Waals surface area contributed by atoms with E-state index in [1.54, 1.807) is 12.3 Å². The van der Waals surface area contributed by atoms with Gasteiger partial charge in [-0.05, 0) is 37.3 Å². The Morgan fingerprint density at radius 3 is 2.63 bits per heavy atom. The molecular formula is C13H18N2O3S. The van der Waals surface area contributed by atoms with Crippen molar-refractivity contribution in [2.45, 2.75) is 26.2 Å². The number of nitrogens with one attached hydrogen (secondary N) is 1. The number of sulfone groups is 1. The number of hydrogen-bond donors (Lipinski definition) is 1. The van der Waals surface area contributed by atoms with E-state index in [2.05, 4.69) is 10.3 Å². The molecule has 1 aromatic rings. The van der Waals surface area contributed by atoms with E-state index < -0.39 is 9.84 Å². The summed E-state index contributed by atoms with van der Waals surface area (Å²) in [5.74, 6) is 1.01.